The van der Waals surface area contributed by atoms with Gasteiger partial charge in [-0.2, -0.15) is 8.42 Å². The van der Waals surface area contributed by atoms with E-state index < -0.39 is 10.1 Å². The Bertz CT molecular complexity index is 969. The van der Waals surface area contributed by atoms with Gasteiger partial charge in [0.25, 0.3) is 10.1 Å². The Morgan fingerprint density at radius 2 is 1.66 bits per heavy atom. The van der Waals surface area contributed by atoms with E-state index in [-0.39, 0.29) is 4.90 Å². The largest absolute Gasteiger partial charge is 0.362 e. The summed E-state index contributed by atoms with van der Waals surface area (Å²) in [6, 6.07) is 18.1. The van der Waals surface area contributed by atoms with Crippen molar-refractivity contribution in [1.82, 2.24) is 14.8 Å². The van der Waals surface area contributed by atoms with E-state index in [1.54, 1.807) is 12.1 Å². The molecule has 0 spiro atoms. The molecule has 0 unspecified atom stereocenters. The smallest absolute Gasteiger partial charge is 0.294 e. The van der Waals surface area contributed by atoms with Crippen molar-refractivity contribution in [1.29, 1.82) is 0 Å². The van der Waals surface area contributed by atoms with Crippen molar-refractivity contribution in [3.63, 3.8) is 0 Å². The van der Waals surface area contributed by atoms with E-state index in [1.165, 1.54) is 17.5 Å². The molecule has 0 saturated carbocycles. The second-order valence-corrected chi connectivity index (χ2v) is 8.01. The highest BCUT2D eigenvalue weighted by molar-refractivity contribution is 7.85. The Hall–Kier alpha value is -2.90. The summed E-state index contributed by atoms with van der Waals surface area (Å²) in [6.07, 6.45) is 6.01. The summed E-state index contributed by atoms with van der Waals surface area (Å²) in [4.78, 5) is 8.52. The minimum atomic E-state index is -4.02. The van der Waals surface area contributed by atoms with Crippen LogP contribution in [0.15, 0.2) is 84.2 Å². The van der Waals surface area contributed by atoms with Gasteiger partial charge in [0.15, 0.2) is 0 Å². The monoisotopic (exact) mass is 413 g/mol. The van der Waals surface area contributed by atoms with Crippen LogP contribution in [0.2, 0.25) is 0 Å². The minimum absolute atomic E-state index is 0.0666. The molecule has 0 bridgehead atoms. The fourth-order valence-corrected chi connectivity index (χ4v) is 3.00. The van der Waals surface area contributed by atoms with Crippen LogP contribution in [0, 0.1) is 6.92 Å². The first-order chi connectivity index (χ1) is 13.8. The fraction of sp³-hybridized carbons (Fsp3) is 0.227. The molecule has 7 heteroatoms. The van der Waals surface area contributed by atoms with Crippen LogP contribution >= 0.6 is 0 Å². The van der Waals surface area contributed by atoms with E-state index in [1.807, 2.05) is 37.4 Å². The number of hydrogen-bond donors (Lipinski definition) is 1. The zero-order chi connectivity index (χ0) is 21.3. The summed E-state index contributed by atoms with van der Waals surface area (Å²) in [7, 11) is -1.94. The first kappa shape index (κ1) is 22.4. The summed E-state index contributed by atoms with van der Waals surface area (Å²) in [6.45, 7) is 6.16. The van der Waals surface area contributed by atoms with Gasteiger partial charge >= 0.3 is 0 Å². The Labute approximate surface area is 172 Å². The van der Waals surface area contributed by atoms with Gasteiger partial charge in [0, 0.05) is 37.6 Å². The predicted octanol–water partition coefficient (Wildman–Crippen LogP) is 4.16. The molecule has 1 N–H and O–H groups in total. The van der Waals surface area contributed by atoms with E-state index in [0.29, 0.717) is 0 Å². The van der Waals surface area contributed by atoms with E-state index in [4.69, 9.17) is 4.55 Å². The molecule has 154 valence electrons. The number of pyridine rings is 1. The number of aromatic nitrogens is 1. The van der Waals surface area contributed by atoms with Crippen LogP contribution in [0.25, 0.3) is 10.9 Å². The molecular formula is C22H27N3O3S. The normalized spacial score (nSPS) is 12.8. The lowest BCUT2D eigenvalue weighted by Crippen LogP contribution is -2.21. The third-order valence-electron chi connectivity index (χ3n) is 4.17. The average molecular weight is 414 g/mol. The maximum atomic E-state index is 10.5. The van der Waals surface area contributed by atoms with Crippen molar-refractivity contribution in [3.8, 4) is 0 Å². The molecule has 0 saturated heterocycles. The second-order valence-electron chi connectivity index (χ2n) is 6.59. The molecular weight excluding hydrogens is 386 g/mol. The maximum Gasteiger partial charge on any atom is 0.294 e. The van der Waals surface area contributed by atoms with Crippen LogP contribution < -0.4 is 0 Å². The maximum absolute atomic E-state index is 10.5. The van der Waals surface area contributed by atoms with E-state index in [2.05, 4.69) is 53.3 Å². The van der Waals surface area contributed by atoms with E-state index >= 15 is 0 Å². The number of benzene rings is 2. The molecule has 4 rings (SSSR count). The van der Waals surface area contributed by atoms with E-state index in [9.17, 15) is 8.42 Å². The van der Waals surface area contributed by atoms with Crippen molar-refractivity contribution in [2.45, 2.75) is 18.7 Å². The number of aryl methyl sites for hydroxylation is 1. The predicted molar refractivity (Wildman–Crippen MR) is 117 cm³/mol. The Morgan fingerprint density at radius 3 is 2.17 bits per heavy atom. The van der Waals surface area contributed by atoms with Gasteiger partial charge in [-0.3, -0.25) is 9.54 Å². The second kappa shape index (κ2) is 10.6. The highest BCUT2D eigenvalue weighted by atomic mass is 32.2. The van der Waals surface area contributed by atoms with Crippen LogP contribution in [-0.2, 0) is 10.1 Å². The lowest BCUT2D eigenvalue weighted by molar-refractivity contribution is 0.308. The number of fused-ring (bicyclic) bond motifs is 1. The Balaban J connectivity index is 0.000000157. The first-order valence-electron chi connectivity index (χ1n) is 9.26. The summed E-state index contributed by atoms with van der Waals surface area (Å²) in [5.74, 6) is 0. The topological polar surface area (TPSA) is 73.7 Å². The Kier molecular flexibility index (Phi) is 8.18. The minimum Gasteiger partial charge on any atom is -0.362 e. The van der Waals surface area contributed by atoms with Crippen molar-refractivity contribution in [3.05, 3.63) is 84.8 Å². The molecule has 3 aromatic rings. The third kappa shape index (κ3) is 7.56. The average Bonchev–Trinajstić information content (AvgIpc) is 3.14. The molecule has 1 aliphatic rings. The van der Waals surface area contributed by atoms with Gasteiger partial charge in [-0.15, -0.1) is 0 Å². The van der Waals surface area contributed by atoms with Gasteiger partial charge in [0.05, 0.1) is 17.1 Å². The van der Waals surface area contributed by atoms with Crippen LogP contribution in [-0.4, -0.2) is 48.0 Å². The zero-order valence-electron chi connectivity index (χ0n) is 16.9. The molecule has 0 amide bonds. The number of rotatable bonds is 2. The molecule has 1 aromatic heterocycles. The fourth-order valence-electron chi connectivity index (χ4n) is 2.52. The van der Waals surface area contributed by atoms with Gasteiger partial charge in [0.2, 0.25) is 0 Å². The molecule has 1 aliphatic heterocycles. The van der Waals surface area contributed by atoms with Gasteiger partial charge in [-0.1, -0.05) is 42.0 Å². The summed E-state index contributed by atoms with van der Waals surface area (Å²) < 4.78 is 29.6. The number of hydrogen-bond acceptors (Lipinski definition) is 5. The lowest BCUT2D eigenvalue weighted by atomic mass is 10.2. The van der Waals surface area contributed by atoms with Crippen molar-refractivity contribution in [2.24, 2.45) is 0 Å². The molecule has 29 heavy (non-hydrogen) atoms. The summed E-state index contributed by atoms with van der Waals surface area (Å²) in [5, 5.41) is 1.20. The SMILES string of the molecule is CCN1C=CN(C)C1.Cc1ccc(S(=O)(=O)O)cc1.c1ccc2ncccc2c1. The van der Waals surface area contributed by atoms with Crippen molar-refractivity contribution < 1.29 is 13.0 Å². The molecule has 0 fully saturated rings. The first-order valence-corrected chi connectivity index (χ1v) is 10.7. The van der Waals surface area contributed by atoms with Gasteiger partial charge in [0.1, 0.15) is 0 Å². The summed E-state index contributed by atoms with van der Waals surface area (Å²) >= 11 is 0. The Morgan fingerprint density at radius 1 is 1.00 bits per heavy atom. The quantitative estimate of drug-likeness (QED) is 0.636. The van der Waals surface area contributed by atoms with Crippen molar-refractivity contribution >= 4 is 21.0 Å². The molecule has 0 radical (unpaired) electrons. The highest BCUT2D eigenvalue weighted by Crippen LogP contribution is 2.09. The molecule has 6 nitrogen and oxygen atoms in total. The number of nitrogens with zero attached hydrogens (tertiary/aromatic N) is 3. The van der Waals surface area contributed by atoms with Gasteiger partial charge < -0.3 is 9.80 Å². The molecule has 0 aliphatic carbocycles. The van der Waals surface area contributed by atoms with Gasteiger partial charge in [-0.25, -0.2) is 0 Å². The third-order valence-corrected chi connectivity index (χ3v) is 5.04. The van der Waals surface area contributed by atoms with Crippen LogP contribution in [0.4, 0.5) is 0 Å². The van der Waals surface area contributed by atoms with Gasteiger partial charge in [-0.05, 0) is 38.1 Å². The zero-order valence-corrected chi connectivity index (χ0v) is 17.7. The summed E-state index contributed by atoms with van der Waals surface area (Å²) in [5.41, 5.74) is 2.02. The van der Waals surface area contributed by atoms with Crippen LogP contribution in [0.5, 0.6) is 0 Å². The number of para-hydroxylation sites is 1. The van der Waals surface area contributed by atoms with Crippen LogP contribution in [0.3, 0.4) is 0 Å². The van der Waals surface area contributed by atoms with Crippen molar-refractivity contribution in [2.75, 3.05) is 20.3 Å². The molecule has 2 aromatic carbocycles. The molecule has 0 atom stereocenters. The van der Waals surface area contributed by atoms with E-state index in [0.717, 1.165) is 24.3 Å². The standard InChI is InChI=1S/C9H7N.C7H8O3S.C6H12N2/c1-2-6-9-8(4-1)5-3-7-10-9;1-6-2-4-7(5-3-6)11(8,9)10;1-3-8-5-4-7(2)6-8/h1-7H;2-5H,1H3,(H,8,9,10);4-5H,3,6H2,1-2H3. The lowest BCUT2D eigenvalue weighted by Gasteiger charge is -2.14. The molecule has 2 heterocycles. The highest BCUT2D eigenvalue weighted by Gasteiger charge is 2.06. The van der Waals surface area contributed by atoms with Crippen LogP contribution in [0.1, 0.15) is 12.5 Å².